The molecule has 2 aromatic rings. The van der Waals surface area contributed by atoms with Crippen LogP contribution in [0.2, 0.25) is 10.0 Å². The van der Waals surface area contributed by atoms with Gasteiger partial charge in [-0.2, -0.15) is 0 Å². The Labute approximate surface area is 119 Å². The fourth-order valence-corrected chi connectivity index (χ4v) is 2.01. The lowest BCUT2D eigenvalue weighted by atomic mass is 10.2. The number of ether oxygens (including phenoxy) is 2. The summed E-state index contributed by atoms with van der Waals surface area (Å²) in [5.74, 6) is -0.441. The van der Waals surface area contributed by atoms with Crippen LogP contribution in [0.4, 0.5) is 0 Å². The first kappa shape index (κ1) is 13.8. The van der Waals surface area contributed by atoms with Gasteiger partial charge in [-0.05, 0) is 18.2 Å². The molecule has 1 N–H and O–H groups in total. The van der Waals surface area contributed by atoms with Gasteiger partial charge in [0.25, 0.3) is 0 Å². The van der Waals surface area contributed by atoms with Gasteiger partial charge >= 0.3 is 5.97 Å². The van der Waals surface area contributed by atoms with E-state index in [9.17, 15) is 4.79 Å². The Balaban J connectivity index is 2.46. The summed E-state index contributed by atoms with van der Waals surface area (Å²) in [5.41, 5.74) is 1.51. The molecule has 1 aromatic heterocycles. The molecule has 0 spiro atoms. The molecule has 6 heteroatoms. The highest BCUT2D eigenvalue weighted by molar-refractivity contribution is 6.42. The largest absolute Gasteiger partial charge is 0.490 e. The molecule has 1 aromatic carbocycles. The first-order valence-corrected chi connectivity index (χ1v) is 6.12. The summed E-state index contributed by atoms with van der Waals surface area (Å²) in [7, 11) is 2.69. The number of fused-ring (bicyclic) bond motifs is 1. The number of esters is 1. The number of carbonyl (C=O) groups is 1. The number of aromatic amines is 1. The van der Waals surface area contributed by atoms with Crippen molar-refractivity contribution in [2.45, 2.75) is 0 Å². The average molecular weight is 300 g/mol. The lowest BCUT2D eigenvalue weighted by Crippen LogP contribution is -2.06. The van der Waals surface area contributed by atoms with Gasteiger partial charge in [-0.3, -0.25) is 0 Å². The number of hydrogen-bond acceptors (Lipinski definition) is 3. The van der Waals surface area contributed by atoms with Crippen molar-refractivity contribution >= 4 is 46.2 Å². The van der Waals surface area contributed by atoms with Crippen molar-refractivity contribution in [2.24, 2.45) is 0 Å². The Morgan fingerprint density at radius 1 is 1.16 bits per heavy atom. The van der Waals surface area contributed by atoms with Gasteiger partial charge in [0.2, 0.25) is 5.76 Å². The summed E-state index contributed by atoms with van der Waals surface area (Å²) in [6.45, 7) is 0. The average Bonchev–Trinajstić information content (AvgIpc) is 2.77. The van der Waals surface area contributed by atoms with E-state index in [0.717, 1.165) is 10.9 Å². The Morgan fingerprint density at radius 3 is 2.47 bits per heavy atom. The number of benzene rings is 1. The fraction of sp³-hybridized carbons (Fsp3) is 0.154. The van der Waals surface area contributed by atoms with E-state index in [1.165, 1.54) is 14.2 Å². The van der Waals surface area contributed by atoms with Crippen LogP contribution in [0, 0.1) is 0 Å². The zero-order chi connectivity index (χ0) is 14.0. The molecule has 100 valence electrons. The zero-order valence-electron chi connectivity index (χ0n) is 10.3. The first-order valence-electron chi connectivity index (χ1n) is 5.37. The second-order valence-electron chi connectivity index (χ2n) is 3.78. The van der Waals surface area contributed by atoms with Crippen molar-refractivity contribution < 1.29 is 14.3 Å². The van der Waals surface area contributed by atoms with Gasteiger partial charge < -0.3 is 14.5 Å². The molecule has 0 aliphatic rings. The minimum absolute atomic E-state index is 0.103. The highest BCUT2D eigenvalue weighted by Gasteiger charge is 2.11. The molecule has 4 nitrogen and oxygen atoms in total. The maximum atomic E-state index is 11.4. The minimum Gasteiger partial charge on any atom is -0.490 e. The predicted molar refractivity (Wildman–Crippen MR) is 75.3 cm³/mol. The molecule has 0 amide bonds. The van der Waals surface area contributed by atoms with Crippen LogP contribution < -0.4 is 0 Å². The minimum atomic E-state index is -0.544. The third-order valence-electron chi connectivity index (χ3n) is 2.58. The third-order valence-corrected chi connectivity index (χ3v) is 3.30. The maximum Gasteiger partial charge on any atom is 0.373 e. The van der Waals surface area contributed by atoms with E-state index in [4.69, 9.17) is 27.9 Å². The summed E-state index contributed by atoms with van der Waals surface area (Å²) in [4.78, 5) is 14.5. The SMILES string of the molecule is COC(=O)/C(=C/c1cc2cc(Cl)c(Cl)cc2[nH]1)OC. The number of hydrogen-bond donors (Lipinski definition) is 1. The van der Waals surface area contributed by atoms with Crippen molar-refractivity contribution in [3.63, 3.8) is 0 Å². The van der Waals surface area contributed by atoms with E-state index in [1.54, 1.807) is 18.2 Å². The number of methoxy groups -OCH3 is 2. The summed E-state index contributed by atoms with van der Waals surface area (Å²) >= 11 is 11.9. The standard InChI is InChI=1S/C13H11Cl2NO3/c1-18-12(13(17)19-2)5-8-3-7-4-9(14)10(15)6-11(7)16-8/h3-6,16H,1-2H3/b12-5-. The van der Waals surface area contributed by atoms with E-state index in [-0.39, 0.29) is 5.76 Å². The summed E-state index contributed by atoms with van der Waals surface area (Å²) in [5, 5.41) is 1.83. The molecular formula is C13H11Cl2NO3. The summed E-state index contributed by atoms with van der Waals surface area (Å²) < 4.78 is 9.56. The molecule has 0 saturated carbocycles. The lowest BCUT2D eigenvalue weighted by Gasteiger charge is -2.02. The van der Waals surface area contributed by atoms with Crippen molar-refractivity contribution in [1.82, 2.24) is 4.98 Å². The Morgan fingerprint density at radius 2 is 1.84 bits per heavy atom. The molecule has 0 unspecified atom stereocenters. The first-order chi connectivity index (χ1) is 9.05. The number of carbonyl (C=O) groups excluding carboxylic acids is 1. The molecule has 0 atom stereocenters. The van der Waals surface area contributed by atoms with Gasteiger partial charge in [-0.15, -0.1) is 0 Å². The second-order valence-corrected chi connectivity index (χ2v) is 4.60. The van der Waals surface area contributed by atoms with Gasteiger partial charge in [0.1, 0.15) is 0 Å². The van der Waals surface area contributed by atoms with Crippen LogP contribution >= 0.6 is 23.2 Å². The second kappa shape index (κ2) is 5.55. The normalized spacial score (nSPS) is 11.7. The predicted octanol–water partition coefficient (Wildman–Crippen LogP) is 3.64. The van der Waals surface area contributed by atoms with E-state index in [2.05, 4.69) is 9.72 Å². The van der Waals surface area contributed by atoms with Crippen molar-refractivity contribution in [2.75, 3.05) is 14.2 Å². The summed E-state index contributed by atoms with van der Waals surface area (Å²) in [6.07, 6.45) is 1.55. The van der Waals surface area contributed by atoms with E-state index in [0.29, 0.717) is 15.7 Å². The van der Waals surface area contributed by atoms with Gasteiger partial charge in [0, 0.05) is 22.7 Å². The molecule has 1 heterocycles. The Bertz CT molecular complexity index is 622. The van der Waals surface area contributed by atoms with Crippen LogP contribution in [0.25, 0.3) is 17.0 Å². The molecule has 0 radical (unpaired) electrons. The molecule has 0 aliphatic heterocycles. The van der Waals surface area contributed by atoms with Crippen molar-refractivity contribution in [1.29, 1.82) is 0 Å². The number of aromatic nitrogens is 1. The van der Waals surface area contributed by atoms with Gasteiger partial charge in [0.15, 0.2) is 0 Å². The molecule has 0 saturated heterocycles. The van der Waals surface area contributed by atoms with Crippen molar-refractivity contribution in [3.05, 3.63) is 39.7 Å². The third kappa shape index (κ3) is 2.85. The topological polar surface area (TPSA) is 51.3 Å². The Kier molecular flexibility index (Phi) is 4.02. The number of H-pyrrole nitrogens is 1. The molecule has 0 aliphatic carbocycles. The highest BCUT2D eigenvalue weighted by atomic mass is 35.5. The molecular weight excluding hydrogens is 289 g/mol. The molecule has 19 heavy (non-hydrogen) atoms. The van der Waals surface area contributed by atoms with Crippen molar-refractivity contribution in [3.8, 4) is 0 Å². The number of nitrogens with one attached hydrogen (secondary N) is 1. The van der Waals surface area contributed by atoms with Gasteiger partial charge in [0.05, 0.1) is 24.3 Å². The van der Waals surface area contributed by atoms with E-state index < -0.39 is 5.97 Å². The van der Waals surface area contributed by atoms with Gasteiger partial charge in [-0.25, -0.2) is 4.79 Å². The zero-order valence-corrected chi connectivity index (χ0v) is 11.8. The Hall–Kier alpha value is -1.65. The van der Waals surface area contributed by atoms with E-state index >= 15 is 0 Å². The van der Waals surface area contributed by atoms with Crippen LogP contribution in [-0.2, 0) is 14.3 Å². The fourth-order valence-electron chi connectivity index (χ4n) is 1.67. The van der Waals surface area contributed by atoms with Crippen LogP contribution in [-0.4, -0.2) is 25.2 Å². The quantitative estimate of drug-likeness (QED) is 0.535. The monoisotopic (exact) mass is 299 g/mol. The summed E-state index contributed by atoms with van der Waals surface area (Å²) in [6, 6.07) is 5.30. The number of halogens is 2. The molecule has 2 rings (SSSR count). The smallest absolute Gasteiger partial charge is 0.373 e. The van der Waals surface area contributed by atoms with Crippen LogP contribution in [0.1, 0.15) is 5.69 Å². The number of rotatable bonds is 3. The maximum absolute atomic E-state index is 11.4. The van der Waals surface area contributed by atoms with Crippen LogP contribution in [0.15, 0.2) is 24.0 Å². The molecule has 0 fully saturated rings. The van der Waals surface area contributed by atoms with Gasteiger partial charge in [-0.1, -0.05) is 23.2 Å². The highest BCUT2D eigenvalue weighted by Crippen LogP contribution is 2.28. The lowest BCUT2D eigenvalue weighted by molar-refractivity contribution is -0.139. The van der Waals surface area contributed by atoms with E-state index in [1.807, 2.05) is 6.07 Å². The molecule has 0 bridgehead atoms. The van der Waals surface area contributed by atoms with Crippen LogP contribution in [0.3, 0.4) is 0 Å². The van der Waals surface area contributed by atoms with Crippen LogP contribution in [0.5, 0.6) is 0 Å².